The number of fused-ring (bicyclic) bond motifs is 5. The quantitative estimate of drug-likeness (QED) is 0.402. The minimum atomic E-state index is -0.262. The largest absolute Gasteiger partial charge is 0.454 e. The first kappa shape index (κ1) is 9.88. The van der Waals surface area contributed by atoms with Crippen LogP contribution in [0.2, 0.25) is 0 Å². The van der Waals surface area contributed by atoms with E-state index in [1.807, 2.05) is 0 Å². The van der Waals surface area contributed by atoms with Crippen LogP contribution in [-0.4, -0.2) is 12.1 Å². The molecule has 1 fully saturated rings. The molecular weight excluding hydrogens is 200 g/mol. The van der Waals surface area contributed by atoms with Crippen molar-refractivity contribution in [3.63, 3.8) is 0 Å². The molecule has 3 aliphatic carbocycles. The van der Waals surface area contributed by atoms with E-state index < -0.39 is 0 Å². The molecule has 2 bridgehead atoms. The zero-order chi connectivity index (χ0) is 11.3. The lowest BCUT2D eigenvalue weighted by molar-refractivity contribution is -0.144. The van der Waals surface area contributed by atoms with Crippen LogP contribution in [0.3, 0.4) is 0 Å². The third-order valence-corrected chi connectivity index (χ3v) is 4.08. The van der Waals surface area contributed by atoms with Crippen molar-refractivity contribution in [3.05, 3.63) is 36.5 Å². The Kier molecular flexibility index (Phi) is 2.06. The van der Waals surface area contributed by atoms with Gasteiger partial charge in [0.15, 0.2) is 0 Å². The molecule has 0 radical (unpaired) electrons. The predicted octanol–water partition coefficient (Wildman–Crippen LogP) is 2.48. The lowest BCUT2D eigenvalue weighted by Gasteiger charge is -2.25. The lowest BCUT2D eigenvalue weighted by Crippen LogP contribution is -2.28. The van der Waals surface area contributed by atoms with Crippen molar-refractivity contribution in [2.24, 2.45) is 23.7 Å². The van der Waals surface area contributed by atoms with Crippen molar-refractivity contribution in [3.8, 4) is 0 Å². The van der Waals surface area contributed by atoms with Gasteiger partial charge in [0.2, 0.25) is 0 Å². The van der Waals surface area contributed by atoms with E-state index in [1.165, 1.54) is 6.42 Å². The van der Waals surface area contributed by atoms with Gasteiger partial charge in [-0.3, -0.25) is 0 Å². The Morgan fingerprint density at radius 2 is 2.00 bits per heavy atom. The topological polar surface area (TPSA) is 26.3 Å². The van der Waals surface area contributed by atoms with Gasteiger partial charge in [0.1, 0.15) is 6.10 Å². The van der Waals surface area contributed by atoms with Crippen LogP contribution >= 0.6 is 0 Å². The van der Waals surface area contributed by atoms with Crippen LogP contribution in [0.5, 0.6) is 0 Å². The molecular formula is C14H16O2. The van der Waals surface area contributed by atoms with E-state index in [0.717, 1.165) is 0 Å². The minimum Gasteiger partial charge on any atom is -0.454 e. The van der Waals surface area contributed by atoms with Gasteiger partial charge in [0.25, 0.3) is 0 Å². The lowest BCUT2D eigenvalue weighted by atomic mass is 9.84. The first-order valence-corrected chi connectivity index (χ1v) is 5.90. The molecule has 2 nitrogen and oxygen atoms in total. The number of hydrogen-bond acceptors (Lipinski definition) is 2. The van der Waals surface area contributed by atoms with Gasteiger partial charge in [-0.05, 0) is 37.2 Å². The number of carbonyl (C=O) groups is 1. The van der Waals surface area contributed by atoms with Crippen LogP contribution in [0.25, 0.3) is 0 Å². The minimum absolute atomic E-state index is 0.0332. The molecule has 16 heavy (non-hydrogen) atoms. The van der Waals surface area contributed by atoms with Crippen LogP contribution in [0.1, 0.15) is 13.3 Å². The van der Waals surface area contributed by atoms with Gasteiger partial charge in [-0.2, -0.15) is 0 Å². The predicted molar refractivity (Wildman–Crippen MR) is 61.6 cm³/mol. The fourth-order valence-corrected chi connectivity index (χ4v) is 3.34. The van der Waals surface area contributed by atoms with Crippen molar-refractivity contribution < 1.29 is 9.53 Å². The number of rotatable bonds is 2. The summed E-state index contributed by atoms with van der Waals surface area (Å²) in [5.41, 5.74) is 0.482. The highest BCUT2D eigenvalue weighted by atomic mass is 16.5. The summed E-state index contributed by atoms with van der Waals surface area (Å²) >= 11 is 0. The van der Waals surface area contributed by atoms with E-state index >= 15 is 0 Å². The number of hydrogen-bond donors (Lipinski definition) is 0. The highest BCUT2D eigenvalue weighted by Gasteiger charge is 2.50. The molecule has 0 amide bonds. The summed E-state index contributed by atoms with van der Waals surface area (Å²) in [7, 11) is 0. The average molecular weight is 216 g/mol. The summed E-state index contributed by atoms with van der Waals surface area (Å²) in [6.45, 7) is 5.31. The summed E-state index contributed by atoms with van der Waals surface area (Å²) < 4.78 is 5.48. The van der Waals surface area contributed by atoms with E-state index in [4.69, 9.17) is 4.74 Å². The molecule has 3 aliphatic rings. The molecule has 2 heteroatoms. The number of esters is 1. The monoisotopic (exact) mass is 216 g/mol. The maximum Gasteiger partial charge on any atom is 0.333 e. The maximum atomic E-state index is 11.5. The van der Waals surface area contributed by atoms with E-state index in [2.05, 4.69) is 30.9 Å². The summed E-state index contributed by atoms with van der Waals surface area (Å²) in [5, 5.41) is 0. The van der Waals surface area contributed by atoms with E-state index in [0.29, 0.717) is 29.2 Å². The Hall–Kier alpha value is -1.31. The molecule has 5 atom stereocenters. The third kappa shape index (κ3) is 1.29. The second kappa shape index (κ2) is 3.34. The second-order valence-corrected chi connectivity index (χ2v) is 5.14. The van der Waals surface area contributed by atoms with Gasteiger partial charge >= 0.3 is 5.97 Å². The Morgan fingerprint density at radius 3 is 2.75 bits per heavy atom. The van der Waals surface area contributed by atoms with Crippen molar-refractivity contribution in [2.75, 3.05) is 0 Å². The van der Waals surface area contributed by atoms with Crippen molar-refractivity contribution in [1.29, 1.82) is 0 Å². The number of ether oxygens (including phenoxy) is 1. The van der Waals surface area contributed by atoms with E-state index in [1.54, 1.807) is 6.92 Å². The van der Waals surface area contributed by atoms with Crippen LogP contribution in [0.15, 0.2) is 36.5 Å². The van der Waals surface area contributed by atoms with Crippen molar-refractivity contribution in [2.45, 2.75) is 19.4 Å². The molecule has 0 spiro atoms. The van der Waals surface area contributed by atoms with Gasteiger partial charge in [0, 0.05) is 11.5 Å². The molecule has 0 aromatic carbocycles. The molecule has 0 unspecified atom stereocenters. The first-order valence-electron chi connectivity index (χ1n) is 5.90. The summed E-state index contributed by atoms with van der Waals surface area (Å²) in [4.78, 5) is 11.5. The van der Waals surface area contributed by atoms with Crippen LogP contribution < -0.4 is 0 Å². The third-order valence-electron chi connectivity index (χ3n) is 4.08. The Labute approximate surface area is 95.7 Å². The van der Waals surface area contributed by atoms with Gasteiger partial charge in [-0.1, -0.05) is 24.8 Å². The first-order chi connectivity index (χ1) is 7.66. The molecule has 84 valence electrons. The fraction of sp³-hybridized carbons (Fsp3) is 0.500. The van der Waals surface area contributed by atoms with Crippen molar-refractivity contribution >= 4 is 5.97 Å². The molecule has 0 heterocycles. The van der Waals surface area contributed by atoms with Crippen LogP contribution in [-0.2, 0) is 9.53 Å². The molecule has 3 rings (SSSR count). The summed E-state index contributed by atoms with van der Waals surface area (Å²) in [5.74, 6) is 2.10. The molecule has 0 N–H and O–H groups in total. The summed E-state index contributed by atoms with van der Waals surface area (Å²) in [6, 6.07) is 0. The van der Waals surface area contributed by atoms with Gasteiger partial charge in [-0.15, -0.1) is 0 Å². The molecule has 0 aliphatic heterocycles. The fourth-order valence-electron chi connectivity index (χ4n) is 3.34. The SMILES string of the molecule is C=C(C)C(=O)O[C@@H]1C=C[C@H]2[C@H]1[C@H]1C=C[C@H]2C1. The zero-order valence-corrected chi connectivity index (χ0v) is 9.43. The molecule has 0 aromatic heterocycles. The zero-order valence-electron chi connectivity index (χ0n) is 9.43. The van der Waals surface area contributed by atoms with Gasteiger partial charge in [0.05, 0.1) is 0 Å². The Morgan fingerprint density at radius 1 is 1.25 bits per heavy atom. The average Bonchev–Trinajstić information content (AvgIpc) is 2.88. The highest BCUT2D eigenvalue weighted by Crippen LogP contribution is 2.53. The van der Waals surface area contributed by atoms with E-state index in [-0.39, 0.29) is 12.1 Å². The van der Waals surface area contributed by atoms with Gasteiger partial charge in [-0.25, -0.2) is 4.79 Å². The molecule has 0 aromatic rings. The van der Waals surface area contributed by atoms with Crippen molar-refractivity contribution in [1.82, 2.24) is 0 Å². The maximum absolute atomic E-state index is 11.5. The Balaban J connectivity index is 1.75. The number of allylic oxidation sites excluding steroid dienone is 3. The van der Waals surface area contributed by atoms with Crippen LogP contribution in [0.4, 0.5) is 0 Å². The normalized spacial score (nSPS) is 42.4. The molecule has 0 saturated heterocycles. The number of carbonyl (C=O) groups excluding carboxylic acids is 1. The standard InChI is InChI=1S/C14H16O2/c1-8(2)14(15)16-12-6-5-11-9-3-4-10(7-9)13(11)12/h3-6,9-13H,1,7H2,2H3/t9-,10-,11+,12+,13+/m0/s1. The van der Waals surface area contributed by atoms with Crippen LogP contribution in [0, 0.1) is 23.7 Å². The smallest absolute Gasteiger partial charge is 0.333 e. The second-order valence-electron chi connectivity index (χ2n) is 5.14. The van der Waals surface area contributed by atoms with E-state index in [9.17, 15) is 4.79 Å². The molecule has 1 saturated carbocycles. The summed E-state index contributed by atoms with van der Waals surface area (Å²) in [6.07, 6.45) is 10.1. The van der Waals surface area contributed by atoms with Gasteiger partial charge < -0.3 is 4.74 Å². The Bertz CT molecular complexity index is 405. The highest BCUT2D eigenvalue weighted by molar-refractivity contribution is 5.87.